The minimum absolute atomic E-state index is 0.0155. The molecule has 0 aliphatic rings. The number of nitrogens with zero attached hydrogens (tertiary/aromatic N) is 2. The van der Waals surface area contributed by atoms with Crippen LogP contribution in [0.3, 0.4) is 0 Å². The zero-order valence-electron chi connectivity index (χ0n) is 19.0. The Morgan fingerprint density at radius 1 is 1.09 bits per heavy atom. The van der Waals surface area contributed by atoms with Crippen LogP contribution in [0.2, 0.25) is 0 Å². The Labute approximate surface area is 196 Å². The Kier molecular flexibility index (Phi) is 8.13. The fourth-order valence-electron chi connectivity index (χ4n) is 3.00. The molecule has 176 valence electrons. The Morgan fingerprint density at radius 2 is 1.82 bits per heavy atom. The molecule has 9 nitrogen and oxygen atoms in total. The van der Waals surface area contributed by atoms with E-state index >= 15 is 0 Å². The van der Waals surface area contributed by atoms with Crippen molar-refractivity contribution in [2.75, 3.05) is 20.3 Å². The van der Waals surface area contributed by atoms with E-state index in [1.54, 1.807) is 62.4 Å². The molecule has 2 aromatic carbocycles. The second-order valence-corrected chi connectivity index (χ2v) is 7.17. The largest absolute Gasteiger partial charge is 0.497 e. The van der Waals surface area contributed by atoms with Crippen LogP contribution in [0, 0.1) is 25.7 Å². The lowest BCUT2D eigenvalue weighted by Crippen LogP contribution is -2.37. The number of aliphatic carboxylic acids is 1. The lowest BCUT2D eigenvalue weighted by atomic mass is 10.2. The van der Waals surface area contributed by atoms with Crippen molar-refractivity contribution in [2.45, 2.75) is 20.4 Å². The summed E-state index contributed by atoms with van der Waals surface area (Å²) in [4.78, 5) is 29.2. The third-order valence-electron chi connectivity index (χ3n) is 4.54. The number of amides is 1. The maximum Gasteiger partial charge on any atom is 0.416 e. The fourth-order valence-corrected chi connectivity index (χ4v) is 3.00. The molecule has 0 radical (unpaired) electrons. The highest BCUT2D eigenvalue weighted by Crippen LogP contribution is 2.19. The number of hydrogen-bond donors (Lipinski definition) is 1. The number of methoxy groups -OCH3 is 1. The number of carbonyl (C=O) groups excluding carboxylic acids is 1. The van der Waals surface area contributed by atoms with Gasteiger partial charge in [0.1, 0.15) is 36.2 Å². The van der Waals surface area contributed by atoms with Crippen molar-refractivity contribution < 1.29 is 33.3 Å². The number of oxazole rings is 1. The van der Waals surface area contributed by atoms with Crippen LogP contribution in [0.4, 0.5) is 4.79 Å². The second kappa shape index (κ2) is 11.4. The fraction of sp³-hybridized carbons (Fsp3) is 0.240. The van der Waals surface area contributed by atoms with E-state index in [0.29, 0.717) is 34.4 Å². The van der Waals surface area contributed by atoms with Gasteiger partial charge in [0.15, 0.2) is 11.6 Å². The summed E-state index contributed by atoms with van der Waals surface area (Å²) in [5, 5.41) is 9.24. The third-order valence-corrected chi connectivity index (χ3v) is 4.54. The number of hydrogen-bond acceptors (Lipinski definition) is 7. The lowest BCUT2D eigenvalue weighted by Gasteiger charge is -2.20. The van der Waals surface area contributed by atoms with Crippen LogP contribution in [0.1, 0.15) is 22.9 Å². The van der Waals surface area contributed by atoms with Crippen LogP contribution in [0.25, 0.3) is 0 Å². The molecule has 0 spiro atoms. The summed E-state index contributed by atoms with van der Waals surface area (Å²) in [6, 6.07) is 13.4. The lowest BCUT2D eigenvalue weighted by molar-refractivity contribution is -0.138. The molecule has 0 fully saturated rings. The summed E-state index contributed by atoms with van der Waals surface area (Å²) < 4.78 is 21.4. The molecule has 0 atom stereocenters. The Balaban J connectivity index is 1.63. The molecule has 0 aliphatic heterocycles. The van der Waals surface area contributed by atoms with Gasteiger partial charge in [0.2, 0.25) is 0 Å². The topological polar surface area (TPSA) is 111 Å². The monoisotopic (exact) mass is 464 g/mol. The van der Waals surface area contributed by atoms with Crippen LogP contribution < -0.4 is 14.2 Å². The van der Waals surface area contributed by atoms with Gasteiger partial charge in [-0.3, -0.25) is 9.69 Å². The summed E-state index contributed by atoms with van der Waals surface area (Å²) >= 11 is 0. The van der Waals surface area contributed by atoms with E-state index in [2.05, 4.69) is 16.8 Å². The van der Waals surface area contributed by atoms with Gasteiger partial charge < -0.3 is 23.7 Å². The van der Waals surface area contributed by atoms with Gasteiger partial charge in [-0.05, 0) is 54.8 Å². The average molecular weight is 464 g/mol. The van der Waals surface area contributed by atoms with Crippen molar-refractivity contribution >= 4 is 12.1 Å². The minimum Gasteiger partial charge on any atom is -0.497 e. The summed E-state index contributed by atoms with van der Waals surface area (Å²) in [5.74, 6) is 7.21. The first-order valence-electron chi connectivity index (χ1n) is 10.3. The molecule has 1 N–H and O–H groups in total. The Hall–Kier alpha value is -4.45. The first-order chi connectivity index (χ1) is 16.3. The zero-order chi connectivity index (χ0) is 24.5. The van der Waals surface area contributed by atoms with Crippen LogP contribution in [0.15, 0.2) is 52.9 Å². The number of ether oxygens (including phenoxy) is 3. The first kappa shape index (κ1) is 24.2. The van der Waals surface area contributed by atoms with Crippen molar-refractivity contribution in [1.82, 2.24) is 9.88 Å². The van der Waals surface area contributed by atoms with Crippen LogP contribution in [0.5, 0.6) is 17.2 Å². The number of aryl methyl sites for hydroxylation is 2. The normalized spacial score (nSPS) is 10.1. The molecule has 0 aliphatic carbocycles. The number of benzene rings is 2. The van der Waals surface area contributed by atoms with Crippen molar-refractivity contribution in [1.29, 1.82) is 0 Å². The van der Waals surface area contributed by atoms with Gasteiger partial charge in [-0.1, -0.05) is 18.1 Å². The Morgan fingerprint density at radius 3 is 2.47 bits per heavy atom. The smallest absolute Gasteiger partial charge is 0.416 e. The van der Waals surface area contributed by atoms with Crippen LogP contribution >= 0.6 is 0 Å². The van der Waals surface area contributed by atoms with E-state index in [1.165, 1.54) is 7.11 Å². The quantitative estimate of drug-likeness (QED) is 0.501. The number of carboxylic acid groups (broad SMARTS) is 1. The zero-order valence-corrected chi connectivity index (χ0v) is 19.0. The molecular weight excluding hydrogens is 440 g/mol. The number of aromatic nitrogens is 1. The van der Waals surface area contributed by atoms with E-state index in [1.807, 2.05) is 0 Å². The molecule has 3 rings (SSSR count). The number of rotatable bonds is 8. The van der Waals surface area contributed by atoms with Gasteiger partial charge in [0.25, 0.3) is 0 Å². The van der Waals surface area contributed by atoms with E-state index < -0.39 is 18.6 Å². The highest BCUT2D eigenvalue weighted by atomic mass is 16.6. The molecule has 0 saturated carbocycles. The molecule has 9 heteroatoms. The molecule has 1 heterocycles. The van der Waals surface area contributed by atoms with Crippen LogP contribution in [-0.4, -0.2) is 47.3 Å². The van der Waals surface area contributed by atoms with E-state index in [-0.39, 0.29) is 18.9 Å². The standard InChI is InChI=1S/C25H24N2O7/c1-17-23(26-18(2)33-17)8-5-13-32-22-7-4-6-19(14-22)15-27(16-24(28)29)25(30)34-21-11-9-20(31-3)10-12-21/h4,6-7,9-12,14H,13,15-16H2,1-3H3,(H,28,29). The van der Waals surface area contributed by atoms with Gasteiger partial charge in [-0.15, -0.1) is 0 Å². The summed E-state index contributed by atoms with van der Waals surface area (Å²) in [7, 11) is 1.53. The summed E-state index contributed by atoms with van der Waals surface area (Å²) in [6.07, 6.45) is -0.789. The maximum atomic E-state index is 12.6. The van der Waals surface area contributed by atoms with E-state index in [9.17, 15) is 14.7 Å². The maximum absolute atomic E-state index is 12.6. The highest BCUT2D eigenvalue weighted by molar-refractivity contribution is 5.78. The van der Waals surface area contributed by atoms with Gasteiger partial charge in [-0.2, -0.15) is 0 Å². The van der Waals surface area contributed by atoms with Crippen molar-refractivity contribution in [3.8, 4) is 29.1 Å². The molecule has 3 aromatic rings. The van der Waals surface area contributed by atoms with Gasteiger partial charge >= 0.3 is 12.1 Å². The minimum atomic E-state index is -1.16. The molecule has 1 amide bonds. The van der Waals surface area contributed by atoms with E-state index in [0.717, 1.165) is 4.90 Å². The highest BCUT2D eigenvalue weighted by Gasteiger charge is 2.20. The molecular formula is C25H24N2O7. The number of carbonyl (C=O) groups is 2. The van der Waals surface area contributed by atoms with Crippen molar-refractivity contribution in [3.05, 3.63) is 71.4 Å². The second-order valence-electron chi connectivity index (χ2n) is 7.17. The molecule has 34 heavy (non-hydrogen) atoms. The summed E-state index contributed by atoms with van der Waals surface area (Å²) in [5.41, 5.74) is 1.23. The van der Waals surface area contributed by atoms with Gasteiger partial charge in [-0.25, -0.2) is 9.78 Å². The number of carboxylic acids is 1. The SMILES string of the molecule is COc1ccc(OC(=O)N(CC(=O)O)Cc2cccc(OCC#Cc3nc(C)oc3C)c2)cc1. The van der Waals surface area contributed by atoms with Crippen molar-refractivity contribution in [3.63, 3.8) is 0 Å². The Bertz CT molecular complexity index is 1210. The first-order valence-corrected chi connectivity index (χ1v) is 10.3. The molecule has 0 saturated heterocycles. The average Bonchev–Trinajstić information content (AvgIpc) is 3.13. The van der Waals surface area contributed by atoms with Gasteiger partial charge in [0, 0.05) is 13.5 Å². The predicted molar refractivity (Wildman–Crippen MR) is 122 cm³/mol. The molecule has 0 bridgehead atoms. The summed E-state index contributed by atoms with van der Waals surface area (Å²) in [6.45, 7) is 3.15. The molecule has 0 unspecified atom stereocenters. The van der Waals surface area contributed by atoms with Gasteiger partial charge in [0.05, 0.1) is 7.11 Å². The van der Waals surface area contributed by atoms with E-state index in [4.69, 9.17) is 18.6 Å². The predicted octanol–water partition coefficient (Wildman–Crippen LogP) is 3.82. The van der Waals surface area contributed by atoms with Crippen LogP contribution in [-0.2, 0) is 11.3 Å². The third kappa shape index (κ3) is 7.03. The van der Waals surface area contributed by atoms with Crippen molar-refractivity contribution in [2.24, 2.45) is 0 Å². The molecule has 1 aromatic heterocycles.